The first-order chi connectivity index (χ1) is 10.7. The van der Waals surface area contributed by atoms with E-state index in [2.05, 4.69) is 50.3 Å². The molecule has 1 aromatic carbocycles. The highest BCUT2D eigenvalue weighted by atomic mass is 32.1. The summed E-state index contributed by atoms with van der Waals surface area (Å²) in [4.78, 5) is 5.77. The lowest BCUT2D eigenvalue weighted by Crippen LogP contribution is -1.88. The number of hydrogen-bond acceptors (Lipinski definition) is 3. The molecule has 0 aliphatic carbocycles. The number of fused-ring (bicyclic) bond motifs is 1. The quantitative estimate of drug-likeness (QED) is 0.586. The number of hydrogen-bond donors (Lipinski definition) is 0. The largest absolute Gasteiger partial charge is 0.217 e. The molecule has 116 valence electrons. The van der Waals surface area contributed by atoms with Crippen molar-refractivity contribution in [1.82, 2.24) is 14.6 Å². The van der Waals surface area contributed by atoms with E-state index in [4.69, 9.17) is 4.98 Å². The fourth-order valence-corrected chi connectivity index (χ4v) is 3.60. The number of aromatic nitrogens is 3. The molecule has 0 saturated heterocycles. The van der Waals surface area contributed by atoms with Gasteiger partial charge in [0.1, 0.15) is 5.01 Å². The number of aryl methyl sites for hydroxylation is 3. The van der Waals surface area contributed by atoms with Crippen LogP contribution >= 0.6 is 11.3 Å². The summed E-state index contributed by atoms with van der Waals surface area (Å²) in [5, 5.41) is 5.88. The maximum atomic E-state index is 4.77. The van der Waals surface area contributed by atoms with Crippen LogP contribution in [-0.2, 0) is 6.42 Å². The second kappa shape index (κ2) is 6.61. The number of unbranched alkanes of at least 4 members (excludes halogenated alkanes) is 3. The molecule has 0 saturated carbocycles. The van der Waals surface area contributed by atoms with Crippen LogP contribution in [0.1, 0.15) is 48.7 Å². The van der Waals surface area contributed by atoms with E-state index in [1.54, 1.807) is 11.3 Å². The van der Waals surface area contributed by atoms with Gasteiger partial charge >= 0.3 is 0 Å². The molecule has 0 radical (unpaired) electrons. The molecule has 0 amide bonds. The normalized spacial score (nSPS) is 11.4. The lowest BCUT2D eigenvalue weighted by molar-refractivity contribution is 0.661. The summed E-state index contributed by atoms with van der Waals surface area (Å²) in [5.41, 5.74) is 4.76. The maximum absolute atomic E-state index is 4.77. The van der Waals surface area contributed by atoms with Gasteiger partial charge in [-0.2, -0.15) is 5.10 Å². The van der Waals surface area contributed by atoms with Crippen molar-refractivity contribution in [3.63, 3.8) is 0 Å². The summed E-state index contributed by atoms with van der Waals surface area (Å²) < 4.78 is 1.94. The van der Waals surface area contributed by atoms with E-state index in [9.17, 15) is 0 Å². The fraction of sp³-hybridized carbons (Fsp3) is 0.444. The summed E-state index contributed by atoms with van der Waals surface area (Å²) in [6.07, 6.45) is 8.26. The van der Waals surface area contributed by atoms with E-state index in [1.165, 1.54) is 47.4 Å². The topological polar surface area (TPSA) is 30.2 Å². The molecule has 0 N–H and O–H groups in total. The van der Waals surface area contributed by atoms with Gasteiger partial charge in [-0.1, -0.05) is 55.2 Å². The Balaban J connectivity index is 1.80. The van der Waals surface area contributed by atoms with Gasteiger partial charge in [-0.25, -0.2) is 9.50 Å². The Kier molecular flexibility index (Phi) is 4.57. The molecule has 0 fully saturated rings. The van der Waals surface area contributed by atoms with Gasteiger partial charge in [0.05, 0.1) is 11.9 Å². The highest BCUT2D eigenvalue weighted by Gasteiger charge is 2.11. The van der Waals surface area contributed by atoms with Gasteiger partial charge in [-0.15, -0.1) is 0 Å². The molecule has 4 heteroatoms. The summed E-state index contributed by atoms with van der Waals surface area (Å²) in [7, 11) is 0. The Morgan fingerprint density at radius 1 is 1.14 bits per heavy atom. The van der Waals surface area contributed by atoms with Gasteiger partial charge in [0.15, 0.2) is 0 Å². The zero-order chi connectivity index (χ0) is 15.5. The van der Waals surface area contributed by atoms with Crippen LogP contribution in [0.2, 0.25) is 0 Å². The van der Waals surface area contributed by atoms with Crippen molar-refractivity contribution in [2.24, 2.45) is 0 Å². The Morgan fingerprint density at radius 2 is 2.00 bits per heavy atom. The molecule has 0 unspecified atom stereocenters. The van der Waals surface area contributed by atoms with E-state index in [0.717, 1.165) is 17.1 Å². The molecule has 3 aromatic rings. The van der Waals surface area contributed by atoms with Crippen LogP contribution in [0.15, 0.2) is 24.4 Å². The second-order valence-electron chi connectivity index (χ2n) is 5.98. The number of nitrogens with zero attached hydrogens (tertiary/aromatic N) is 3. The van der Waals surface area contributed by atoms with Crippen molar-refractivity contribution >= 4 is 16.3 Å². The van der Waals surface area contributed by atoms with Crippen molar-refractivity contribution in [2.45, 2.75) is 52.9 Å². The second-order valence-corrected chi connectivity index (χ2v) is 7.02. The lowest BCUT2D eigenvalue weighted by Gasteiger charge is -2.03. The van der Waals surface area contributed by atoms with Crippen LogP contribution in [0.4, 0.5) is 0 Å². The van der Waals surface area contributed by atoms with Crippen LogP contribution in [0, 0.1) is 13.8 Å². The standard InChI is InChI=1S/C18H23N3S/c1-4-5-6-7-8-17-20-21-12-16(19-18(21)22-17)15-11-13(2)9-10-14(15)3/h9-12H,4-8H2,1-3H3. The van der Waals surface area contributed by atoms with Crippen LogP contribution in [0.25, 0.3) is 16.2 Å². The molecule has 0 spiro atoms. The number of imidazole rings is 1. The minimum Gasteiger partial charge on any atom is -0.217 e. The van der Waals surface area contributed by atoms with Crippen molar-refractivity contribution in [2.75, 3.05) is 0 Å². The van der Waals surface area contributed by atoms with Crippen molar-refractivity contribution < 1.29 is 0 Å². The predicted octanol–water partition coefficient (Wildman–Crippen LogP) is 5.20. The Hall–Kier alpha value is -1.68. The monoisotopic (exact) mass is 313 g/mol. The highest BCUT2D eigenvalue weighted by molar-refractivity contribution is 7.16. The van der Waals surface area contributed by atoms with Gasteiger partial charge in [0.2, 0.25) is 4.96 Å². The van der Waals surface area contributed by atoms with E-state index in [1.807, 2.05) is 4.52 Å². The zero-order valence-electron chi connectivity index (χ0n) is 13.6. The van der Waals surface area contributed by atoms with E-state index >= 15 is 0 Å². The molecule has 2 aromatic heterocycles. The molecule has 0 aliphatic rings. The Morgan fingerprint density at radius 3 is 2.77 bits per heavy atom. The third kappa shape index (κ3) is 3.22. The molecule has 3 rings (SSSR count). The van der Waals surface area contributed by atoms with Gasteiger partial charge in [0, 0.05) is 12.0 Å². The fourth-order valence-electron chi connectivity index (χ4n) is 2.69. The molecule has 2 heterocycles. The Labute approximate surface area is 136 Å². The first-order valence-corrected chi connectivity index (χ1v) is 8.91. The van der Waals surface area contributed by atoms with Gasteiger partial charge in [-0.3, -0.25) is 0 Å². The third-order valence-electron chi connectivity index (χ3n) is 4.00. The summed E-state index contributed by atoms with van der Waals surface area (Å²) >= 11 is 1.72. The molecular weight excluding hydrogens is 290 g/mol. The number of benzene rings is 1. The minimum atomic E-state index is 1.00. The van der Waals surface area contributed by atoms with Gasteiger partial charge < -0.3 is 0 Å². The van der Waals surface area contributed by atoms with E-state index in [-0.39, 0.29) is 0 Å². The summed E-state index contributed by atoms with van der Waals surface area (Å²) in [6, 6.07) is 6.50. The number of rotatable bonds is 6. The minimum absolute atomic E-state index is 1.00. The SMILES string of the molecule is CCCCCCc1nn2cc(-c3cc(C)ccc3C)nc2s1. The molecule has 0 bridgehead atoms. The van der Waals surface area contributed by atoms with E-state index in [0.29, 0.717) is 0 Å². The molecular formula is C18H23N3S. The molecule has 22 heavy (non-hydrogen) atoms. The average molecular weight is 313 g/mol. The molecule has 0 aliphatic heterocycles. The van der Waals surface area contributed by atoms with Crippen LogP contribution < -0.4 is 0 Å². The first-order valence-electron chi connectivity index (χ1n) is 8.10. The first kappa shape index (κ1) is 15.2. The van der Waals surface area contributed by atoms with Crippen LogP contribution in [-0.4, -0.2) is 14.6 Å². The van der Waals surface area contributed by atoms with Gasteiger partial charge in [-0.05, 0) is 31.9 Å². The Bertz CT molecular complexity index is 738. The third-order valence-corrected chi connectivity index (χ3v) is 4.98. The van der Waals surface area contributed by atoms with Crippen LogP contribution in [0.3, 0.4) is 0 Å². The zero-order valence-corrected chi connectivity index (χ0v) is 14.4. The maximum Gasteiger partial charge on any atom is 0.212 e. The predicted molar refractivity (Wildman–Crippen MR) is 93.6 cm³/mol. The summed E-state index contributed by atoms with van der Waals surface area (Å²) in [6.45, 7) is 6.50. The summed E-state index contributed by atoms with van der Waals surface area (Å²) in [5.74, 6) is 0. The smallest absolute Gasteiger partial charge is 0.212 e. The van der Waals surface area contributed by atoms with Crippen molar-refractivity contribution in [3.05, 3.63) is 40.5 Å². The van der Waals surface area contributed by atoms with E-state index < -0.39 is 0 Å². The highest BCUT2D eigenvalue weighted by Crippen LogP contribution is 2.26. The van der Waals surface area contributed by atoms with Crippen LogP contribution in [0.5, 0.6) is 0 Å². The molecule has 0 atom stereocenters. The average Bonchev–Trinajstić information content (AvgIpc) is 3.04. The van der Waals surface area contributed by atoms with Gasteiger partial charge in [0.25, 0.3) is 0 Å². The van der Waals surface area contributed by atoms with Crippen molar-refractivity contribution in [1.29, 1.82) is 0 Å². The van der Waals surface area contributed by atoms with Crippen molar-refractivity contribution in [3.8, 4) is 11.3 Å². The molecule has 3 nitrogen and oxygen atoms in total. The lowest BCUT2D eigenvalue weighted by atomic mass is 10.0.